The number of carbonyl (C=O) groups excluding carboxylic acids is 2. The van der Waals surface area contributed by atoms with Crippen LogP contribution in [-0.4, -0.2) is 72.6 Å². The Morgan fingerprint density at radius 3 is 2.57 bits per heavy atom. The number of likely N-dealkylation sites (tertiary alicyclic amines) is 1. The number of Topliss-reactive ketones (excluding diaryl/α,β-unsaturated/α-hetero) is 1. The number of benzene rings is 1. The summed E-state index contributed by atoms with van der Waals surface area (Å²) >= 11 is 0. The molecule has 0 spiro atoms. The van der Waals surface area contributed by atoms with Crippen molar-refractivity contribution >= 4 is 17.6 Å². The third kappa shape index (κ3) is 5.78. The number of nitrogens with zero attached hydrogens (tertiary/aromatic N) is 4. The number of ketones is 1. The maximum atomic E-state index is 14.7. The highest BCUT2D eigenvalue weighted by Crippen LogP contribution is 2.44. The number of amides is 1. The van der Waals surface area contributed by atoms with Gasteiger partial charge in [0.05, 0.1) is 18.0 Å². The van der Waals surface area contributed by atoms with E-state index in [1.165, 1.54) is 6.07 Å². The van der Waals surface area contributed by atoms with Gasteiger partial charge in [-0.25, -0.2) is 9.18 Å². The van der Waals surface area contributed by atoms with Crippen LogP contribution in [0.4, 0.5) is 14.9 Å². The smallest absolute Gasteiger partial charge is 0.411 e. The van der Waals surface area contributed by atoms with Crippen LogP contribution in [-0.2, 0) is 16.0 Å². The molecule has 7 nitrogen and oxygen atoms in total. The second-order valence-electron chi connectivity index (χ2n) is 11.3. The van der Waals surface area contributed by atoms with E-state index in [1.807, 2.05) is 26.8 Å². The normalized spacial score (nSPS) is 25.4. The number of piperidine rings is 1. The van der Waals surface area contributed by atoms with E-state index >= 15 is 0 Å². The van der Waals surface area contributed by atoms with Crippen LogP contribution in [0, 0.1) is 29.0 Å². The molecule has 8 heteroatoms. The lowest BCUT2D eigenvalue weighted by atomic mass is 9.88. The molecule has 2 saturated heterocycles. The second-order valence-corrected chi connectivity index (χ2v) is 11.3. The van der Waals surface area contributed by atoms with Crippen molar-refractivity contribution < 1.29 is 18.7 Å². The number of anilines is 1. The average Bonchev–Trinajstić information content (AvgIpc) is 3.41. The fourth-order valence-corrected chi connectivity index (χ4v) is 5.75. The molecule has 1 aromatic carbocycles. The minimum Gasteiger partial charge on any atom is -0.444 e. The summed E-state index contributed by atoms with van der Waals surface area (Å²) in [5.74, 6) is -1.02. The molecule has 0 unspecified atom stereocenters. The Morgan fingerprint density at radius 2 is 1.91 bits per heavy atom. The molecule has 0 N–H and O–H groups in total. The Balaban J connectivity index is 1.45. The molecule has 2 bridgehead atoms. The van der Waals surface area contributed by atoms with E-state index < -0.39 is 23.7 Å². The third-order valence-corrected chi connectivity index (χ3v) is 7.51. The first-order valence-corrected chi connectivity index (χ1v) is 12.7. The van der Waals surface area contributed by atoms with Crippen LogP contribution >= 0.6 is 0 Å². The van der Waals surface area contributed by atoms with Gasteiger partial charge in [0, 0.05) is 44.3 Å². The summed E-state index contributed by atoms with van der Waals surface area (Å²) in [6.45, 7) is 9.06. The van der Waals surface area contributed by atoms with E-state index in [0.29, 0.717) is 5.56 Å². The van der Waals surface area contributed by atoms with Gasteiger partial charge in [0.25, 0.3) is 0 Å². The second kappa shape index (κ2) is 10.1. The summed E-state index contributed by atoms with van der Waals surface area (Å²) in [7, 11) is 2.09. The topological polar surface area (TPSA) is 76.9 Å². The molecule has 35 heavy (non-hydrogen) atoms. The SMILES string of the molecule is CN1CCN(c2ccc(F)c(C[C@@H](C#N)CC(=O)[C@@H]3[C@H]4CC[C@H](C4)N3C(=O)OC(C)(C)C)c2)CC1. The number of ether oxygens (including phenoxy) is 1. The number of rotatable bonds is 6. The van der Waals surface area contributed by atoms with Gasteiger partial charge in [-0.1, -0.05) is 0 Å². The Labute approximate surface area is 207 Å². The van der Waals surface area contributed by atoms with Crippen LogP contribution in [0.5, 0.6) is 0 Å². The van der Waals surface area contributed by atoms with Gasteiger partial charge in [0.15, 0.2) is 5.78 Å². The highest BCUT2D eigenvalue weighted by molar-refractivity contribution is 5.89. The standard InChI is InChI=1S/C27H37FN4O3/c1-27(2,3)35-26(34)32-22-6-5-19(15-22)25(32)24(33)14-18(17-29)13-20-16-21(7-8-23(20)28)31-11-9-30(4)10-12-31/h7-8,16,18-19,22,25H,5-6,9-15H2,1-4H3/t18-,19+,22-,25+/m1/s1. The molecule has 1 aromatic rings. The number of hydrogen-bond donors (Lipinski definition) is 0. The first-order valence-electron chi connectivity index (χ1n) is 12.7. The van der Waals surface area contributed by atoms with Crippen LogP contribution in [0.3, 0.4) is 0 Å². The van der Waals surface area contributed by atoms with Crippen molar-refractivity contribution in [1.29, 1.82) is 5.26 Å². The Morgan fingerprint density at radius 1 is 1.20 bits per heavy atom. The molecular weight excluding hydrogens is 447 g/mol. The van der Waals surface area contributed by atoms with E-state index in [4.69, 9.17) is 4.74 Å². The zero-order valence-electron chi connectivity index (χ0n) is 21.3. The van der Waals surface area contributed by atoms with Gasteiger partial charge in [-0.05, 0) is 83.2 Å². The number of likely N-dealkylation sites (N-methyl/N-ethyl adjacent to an activating group) is 1. The van der Waals surface area contributed by atoms with Crippen molar-refractivity contribution in [2.24, 2.45) is 11.8 Å². The zero-order valence-corrected chi connectivity index (χ0v) is 21.3. The predicted octanol–water partition coefficient (Wildman–Crippen LogP) is 4.01. The highest BCUT2D eigenvalue weighted by atomic mass is 19.1. The van der Waals surface area contributed by atoms with Crippen molar-refractivity contribution in [2.45, 2.75) is 70.6 Å². The number of fused-ring (bicyclic) bond motifs is 2. The quantitative estimate of drug-likeness (QED) is 0.607. The molecule has 4 atom stereocenters. The van der Waals surface area contributed by atoms with E-state index in [-0.39, 0.29) is 36.4 Å². The van der Waals surface area contributed by atoms with Crippen molar-refractivity contribution in [3.63, 3.8) is 0 Å². The van der Waals surface area contributed by atoms with Crippen LogP contribution in [0.25, 0.3) is 0 Å². The van der Waals surface area contributed by atoms with Gasteiger partial charge >= 0.3 is 6.09 Å². The molecule has 3 aliphatic rings. The van der Waals surface area contributed by atoms with Crippen LogP contribution in [0.1, 0.15) is 52.0 Å². The summed E-state index contributed by atoms with van der Waals surface area (Å²) in [5.41, 5.74) is 0.757. The van der Waals surface area contributed by atoms with Crippen molar-refractivity contribution in [3.05, 3.63) is 29.6 Å². The van der Waals surface area contributed by atoms with Gasteiger partial charge in [-0.2, -0.15) is 5.26 Å². The zero-order chi connectivity index (χ0) is 25.3. The molecule has 2 heterocycles. The summed E-state index contributed by atoms with van der Waals surface area (Å²) in [6, 6.07) is 6.74. The van der Waals surface area contributed by atoms with Crippen LogP contribution in [0.15, 0.2) is 18.2 Å². The fourth-order valence-electron chi connectivity index (χ4n) is 5.75. The number of carbonyl (C=O) groups is 2. The average molecular weight is 485 g/mol. The Bertz CT molecular complexity index is 993. The van der Waals surface area contributed by atoms with Gasteiger partial charge in [-0.15, -0.1) is 0 Å². The number of nitriles is 1. The minimum atomic E-state index is -0.653. The lowest BCUT2D eigenvalue weighted by Gasteiger charge is -2.36. The monoisotopic (exact) mass is 484 g/mol. The molecule has 3 fully saturated rings. The fraction of sp³-hybridized carbons (Fsp3) is 0.667. The van der Waals surface area contributed by atoms with Gasteiger partial charge < -0.3 is 14.5 Å². The molecule has 0 radical (unpaired) electrons. The molecule has 2 aliphatic heterocycles. The Hall–Kier alpha value is -2.66. The highest BCUT2D eigenvalue weighted by Gasteiger charge is 2.52. The maximum Gasteiger partial charge on any atom is 0.411 e. The predicted molar refractivity (Wildman–Crippen MR) is 132 cm³/mol. The van der Waals surface area contributed by atoms with Crippen LogP contribution < -0.4 is 4.90 Å². The lowest BCUT2D eigenvalue weighted by Crippen LogP contribution is -2.51. The van der Waals surface area contributed by atoms with Crippen LogP contribution in [0.2, 0.25) is 0 Å². The first kappa shape index (κ1) is 25.4. The minimum absolute atomic E-state index is 0.00185. The molecule has 1 aliphatic carbocycles. The van der Waals surface area contributed by atoms with Crippen molar-refractivity contribution in [3.8, 4) is 6.07 Å². The molecule has 1 amide bonds. The van der Waals surface area contributed by atoms with E-state index in [1.54, 1.807) is 11.0 Å². The third-order valence-electron chi connectivity index (χ3n) is 7.51. The first-order chi connectivity index (χ1) is 16.6. The van der Waals surface area contributed by atoms with E-state index in [2.05, 4.69) is 22.9 Å². The van der Waals surface area contributed by atoms with Gasteiger partial charge in [0.2, 0.25) is 0 Å². The van der Waals surface area contributed by atoms with Crippen molar-refractivity contribution in [2.75, 3.05) is 38.1 Å². The van der Waals surface area contributed by atoms with Gasteiger partial charge in [0.1, 0.15) is 11.4 Å². The Kier molecular flexibility index (Phi) is 7.37. The van der Waals surface area contributed by atoms with Crippen molar-refractivity contribution in [1.82, 2.24) is 9.80 Å². The number of halogens is 1. The maximum absolute atomic E-state index is 14.7. The lowest BCUT2D eigenvalue weighted by molar-refractivity contribution is -0.126. The summed E-state index contributed by atoms with van der Waals surface area (Å²) in [5, 5.41) is 9.83. The molecule has 0 aromatic heterocycles. The summed E-state index contributed by atoms with van der Waals surface area (Å²) in [6.07, 6.45) is 2.29. The molecule has 190 valence electrons. The number of hydrogen-bond acceptors (Lipinski definition) is 6. The summed E-state index contributed by atoms with van der Waals surface area (Å²) in [4.78, 5) is 32.4. The summed E-state index contributed by atoms with van der Waals surface area (Å²) < 4.78 is 20.3. The number of piperazine rings is 1. The van der Waals surface area contributed by atoms with E-state index in [0.717, 1.165) is 51.1 Å². The molecular formula is C27H37FN4O3. The largest absolute Gasteiger partial charge is 0.444 e. The van der Waals surface area contributed by atoms with E-state index in [9.17, 15) is 19.2 Å². The molecule has 4 rings (SSSR count). The van der Waals surface area contributed by atoms with Gasteiger partial charge in [-0.3, -0.25) is 9.69 Å². The molecule has 1 saturated carbocycles.